The summed E-state index contributed by atoms with van der Waals surface area (Å²) in [5.41, 5.74) is 4.24. The highest BCUT2D eigenvalue weighted by molar-refractivity contribution is 6.46. The lowest BCUT2D eigenvalue weighted by molar-refractivity contribution is -0.139. The van der Waals surface area contributed by atoms with Crippen LogP contribution in [0.25, 0.3) is 5.76 Å². The van der Waals surface area contributed by atoms with Crippen molar-refractivity contribution in [2.75, 3.05) is 13.7 Å². The summed E-state index contributed by atoms with van der Waals surface area (Å²) in [5.74, 6) is -0.808. The molecule has 0 spiro atoms. The Morgan fingerprint density at radius 2 is 1.73 bits per heavy atom. The summed E-state index contributed by atoms with van der Waals surface area (Å²) in [4.78, 5) is 28.0. The average Bonchev–Trinajstić information content (AvgIpc) is 3.09. The lowest BCUT2D eigenvalue weighted by Crippen LogP contribution is -2.31. The van der Waals surface area contributed by atoms with Gasteiger partial charge in [0.1, 0.15) is 11.5 Å². The predicted octanol–water partition coefficient (Wildman–Crippen LogP) is 4.98. The van der Waals surface area contributed by atoms with Crippen molar-refractivity contribution in [3.63, 3.8) is 0 Å². The third kappa shape index (κ3) is 4.40. The van der Waals surface area contributed by atoms with E-state index in [1.807, 2.05) is 86.6 Å². The number of likely N-dealkylation sites (tertiary alicyclic amines) is 1. The van der Waals surface area contributed by atoms with Crippen LogP contribution in [0.4, 0.5) is 0 Å². The number of carbonyl (C=O) groups is 2. The third-order valence-corrected chi connectivity index (χ3v) is 6.08. The Hall–Kier alpha value is -3.86. The lowest BCUT2D eigenvalue weighted by Gasteiger charge is -2.26. The summed E-state index contributed by atoms with van der Waals surface area (Å²) in [6, 6.07) is 22.1. The van der Waals surface area contributed by atoms with Gasteiger partial charge < -0.3 is 14.7 Å². The molecule has 0 radical (unpaired) electrons. The second-order valence-corrected chi connectivity index (χ2v) is 8.32. The normalized spacial score (nSPS) is 17.4. The number of amides is 1. The third-order valence-electron chi connectivity index (χ3n) is 6.08. The summed E-state index contributed by atoms with van der Waals surface area (Å²) >= 11 is 0. The molecule has 1 N–H and O–H groups in total. The van der Waals surface area contributed by atoms with Gasteiger partial charge in [0.2, 0.25) is 0 Å². The molecule has 1 heterocycles. The van der Waals surface area contributed by atoms with Crippen molar-refractivity contribution < 1.29 is 19.4 Å². The van der Waals surface area contributed by atoms with E-state index in [0.29, 0.717) is 29.8 Å². The molecule has 1 atom stereocenters. The Bertz CT molecular complexity index is 1230. The summed E-state index contributed by atoms with van der Waals surface area (Å²) in [6.07, 6.45) is 0.595. The number of hydrogen-bond donors (Lipinski definition) is 1. The van der Waals surface area contributed by atoms with Crippen LogP contribution < -0.4 is 4.74 Å². The van der Waals surface area contributed by atoms with Gasteiger partial charge >= 0.3 is 0 Å². The van der Waals surface area contributed by atoms with Crippen LogP contribution in [0.5, 0.6) is 5.75 Å². The van der Waals surface area contributed by atoms with Gasteiger partial charge in [-0.2, -0.15) is 0 Å². The number of carbonyl (C=O) groups excluding carboxylic acids is 2. The van der Waals surface area contributed by atoms with Gasteiger partial charge in [-0.05, 0) is 55.2 Å². The van der Waals surface area contributed by atoms with Crippen molar-refractivity contribution in [3.8, 4) is 5.75 Å². The topological polar surface area (TPSA) is 66.8 Å². The van der Waals surface area contributed by atoms with Gasteiger partial charge in [0.25, 0.3) is 11.7 Å². The molecular formula is C28H27NO4. The molecule has 1 saturated heterocycles. The van der Waals surface area contributed by atoms with Crippen LogP contribution in [0.2, 0.25) is 0 Å². The van der Waals surface area contributed by atoms with Gasteiger partial charge in [-0.25, -0.2) is 0 Å². The number of rotatable bonds is 6. The monoisotopic (exact) mass is 441 g/mol. The first kappa shape index (κ1) is 22.3. The van der Waals surface area contributed by atoms with E-state index in [9.17, 15) is 14.7 Å². The molecule has 1 aliphatic heterocycles. The number of nitrogens with zero attached hydrogens (tertiary/aromatic N) is 1. The minimum atomic E-state index is -0.705. The molecule has 5 heteroatoms. The van der Waals surface area contributed by atoms with Crippen molar-refractivity contribution in [1.29, 1.82) is 0 Å². The molecule has 0 bridgehead atoms. The van der Waals surface area contributed by atoms with E-state index in [1.54, 1.807) is 12.0 Å². The lowest BCUT2D eigenvalue weighted by atomic mass is 9.93. The summed E-state index contributed by atoms with van der Waals surface area (Å²) < 4.78 is 5.38. The first-order chi connectivity index (χ1) is 15.9. The van der Waals surface area contributed by atoms with Gasteiger partial charge in [-0.1, -0.05) is 60.2 Å². The largest absolute Gasteiger partial charge is 0.507 e. The molecule has 5 nitrogen and oxygen atoms in total. The van der Waals surface area contributed by atoms with Crippen LogP contribution in [0, 0.1) is 13.8 Å². The summed E-state index contributed by atoms with van der Waals surface area (Å²) in [6.45, 7) is 4.15. The van der Waals surface area contributed by atoms with Crippen LogP contribution in [0.3, 0.4) is 0 Å². The summed E-state index contributed by atoms with van der Waals surface area (Å²) in [7, 11) is 1.57. The number of aryl methyl sites for hydroxylation is 2. The minimum absolute atomic E-state index is 0.106. The van der Waals surface area contributed by atoms with Gasteiger partial charge in [0.15, 0.2) is 0 Å². The first-order valence-electron chi connectivity index (χ1n) is 10.9. The molecule has 4 rings (SSSR count). The molecule has 1 aliphatic rings. The maximum Gasteiger partial charge on any atom is 0.295 e. The molecule has 1 amide bonds. The van der Waals surface area contributed by atoms with E-state index in [1.165, 1.54) is 0 Å². The van der Waals surface area contributed by atoms with Gasteiger partial charge in [0.05, 0.1) is 18.7 Å². The van der Waals surface area contributed by atoms with Gasteiger partial charge in [0, 0.05) is 12.1 Å². The fourth-order valence-electron chi connectivity index (χ4n) is 4.30. The number of aliphatic hydroxyl groups excluding tert-OH is 1. The average molecular weight is 442 g/mol. The SMILES string of the molecule is COc1cccc(C2C(=C(O)c3cc(C)ccc3C)C(=O)C(=O)N2CCc2ccccc2)c1. The fourth-order valence-corrected chi connectivity index (χ4v) is 4.30. The number of benzene rings is 3. The van der Waals surface area contributed by atoms with E-state index in [4.69, 9.17) is 4.74 Å². The first-order valence-corrected chi connectivity index (χ1v) is 10.9. The minimum Gasteiger partial charge on any atom is -0.507 e. The Balaban J connectivity index is 1.84. The van der Waals surface area contributed by atoms with E-state index >= 15 is 0 Å². The van der Waals surface area contributed by atoms with Crippen molar-refractivity contribution >= 4 is 17.4 Å². The van der Waals surface area contributed by atoms with Crippen LogP contribution >= 0.6 is 0 Å². The zero-order chi connectivity index (χ0) is 23.5. The number of hydrogen-bond acceptors (Lipinski definition) is 4. The molecule has 1 fully saturated rings. The highest BCUT2D eigenvalue weighted by Gasteiger charge is 2.46. The molecule has 3 aromatic rings. The number of ether oxygens (including phenoxy) is 1. The maximum absolute atomic E-state index is 13.2. The zero-order valence-corrected chi connectivity index (χ0v) is 19.0. The van der Waals surface area contributed by atoms with Crippen LogP contribution in [0.1, 0.15) is 33.9 Å². The molecule has 0 aliphatic carbocycles. The van der Waals surface area contributed by atoms with E-state index < -0.39 is 17.7 Å². The number of ketones is 1. The number of methoxy groups -OCH3 is 1. The highest BCUT2D eigenvalue weighted by atomic mass is 16.5. The van der Waals surface area contributed by atoms with E-state index in [2.05, 4.69) is 0 Å². The molecule has 33 heavy (non-hydrogen) atoms. The van der Waals surface area contributed by atoms with Crippen LogP contribution in [-0.4, -0.2) is 35.4 Å². The van der Waals surface area contributed by atoms with Crippen molar-refractivity contribution in [2.24, 2.45) is 0 Å². The summed E-state index contributed by atoms with van der Waals surface area (Å²) in [5, 5.41) is 11.3. The van der Waals surface area contributed by atoms with Crippen LogP contribution in [-0.2, 0) is 16.0 Å². The van der Waals surface area contributed by atoms with E-state index in [0.717, 1.165) is 16.7 Å². The van der Waals surface area contributed by atoms with Gasteiger partial charge in [-0.3, -0.25) is 9.59 Å². The number of aliphatic hydroxyl groups is 1. The Morgan fingerprint density at radius 3 is 2.45 bits per heavy atom. The second kappa shape index (κ2) is 9.33. The second-order valence-electron chi connectivity index (χ2n) is 8.32. The Morgan fingerprint density at radius 1 is 0.970 bits per heavy atom. The Kier molecular flexibility index (Phi) is 6.31. The molecule has 0 saturated carbocycles. The fraction of sp³-hybridized carbons (Fsp3) is 0.214. The van der Waals surface area contributed by atoms with Crippen molar-refractivity contribution in [1.82, 2.24) is 4.90 Å². The van der Waals surface area contributed by atoms with Crippen molar-refractivity contribution in [3.05, 3.63) is 106 Å². The quantitative estimate of drug-likeness (QED) is 0.333. The maximum atomic E-state index is 13.2. The molecule has 168 valence electrons. The predicted molar refractivity (Wildman–Crippen MR) is 128 cm³/mol. The smallest absolute Gasteiger partial charge is 0.295 e. The number of Topliss-reactive ketones (excluding diaryl/α,β-unsaturated/α-hetero) is 1. The molecule has 1 unspecified atom stereocenters. The van der Waals surface area contributed by atoms with Crippen LogP contribution in [0.15, 0.2) is 78.4 Å². The highest BCUT2D eigenvalue weighted by Crippen LogP contribution is 2.40. The van der Waals surface area contributed by atoms with Gasteiger partial charge in [-0.15, -0.1) is 0 Å². The van der Waals surface area contributed by atoms with E-state index in [-0.39, 0.29) is 11.3 Å². The molecule has 0 aromatic heterocycles. The zero-order valence-electron chi connectivity index (χ0n) is 19.0. The van der Waals surface area contributed by atoms with Crippen molar-refractivity contribution in [2.45, 2.75) is 26.3 Å². The Labute approximate surface area is 193 Å². The standard InChI is InChI=1S/C28H27NO4/c1-18-12-13-19(2)23(16-18)26(30)24-25(21-10-7-11-22(17-21)33-3)29(28(32)27(24)31)15-14-20-8-5-4-6-9-20/h4-13,16-17,25,30H,14-15H2,1-3H3. The molecular weight excluding hydrogens is 414 g/mol. The molecule has 3 aromatic carbocycles.